The zero-order chi connectivity index (χ0) is 14.2. The molecule has 106 valence electrons. The molecule has 0 spiro atoms. The molecule has 19 heavy (non-hydrogen) atoms. The zero-order valence-corrected chi connectivity index (χ0v) is 12.7. The summed E-state index contributed by atoms with van der Waals surface area (Å²) in [6.07, 6.45) is 1.76. The van der Waals surface area contributed by atoms with Gasteiger partial charge in [-0.1, -0.05) is 11.6 Å². The average Bonchev–Trinajstić information content (AvgIpc) is 2.70. The minimum absolute atomic E-state index is 0.114. The van der Waals surface area contributed by atoms with E-state index in [0.29, 0.717) is 22.7 Å². The van der Waals surface area contributed by atoms with Gasteiger partial charge < -0.3 is 5.11 Å². The molecule has 0 radical (unpaired) electrons. The van der Waals surface area contributed by atoms with E-state index in [1.54, 1.807) is 6.92 Å². The quantitative estimate of drug-likeness (QED) is 0.926. The molecule has 0 amide bonds. The van der Waals surface area contributed by atoms with E-state index in [1.807, 2.05) is 0 Å². The molecule has 2 rings (SSSR count). The first-order valence-electron chi connectivity index (χ1n) is 5.84. The van der Waals surface area contributed by atoms with Crippen LogP contribution < -0.4 is 0 Å². The SMILES string of the molecule is Cc1cc(S(=O)(=O)N2CCCCC2C(=O)O)sc1Cl. The largest absolute Gasteiger partial charge is 0.480 e. The van der Waals surface area contributed by atoms with Crippen LogP contribution in [-0.2, 0) is 14.8 Å². The van der Waals surface area contributed by atoms with Gasteiger partial charge in [0.05, 0.1) is 4.34 Å². The maximum atomic E-state index is 12.5. The van der Waals surface area contributed by atoms with Gasteiger partial charge in [-0.2, -0.15) is 4.31 Å². The van der Waals surface area contributed by atoms with Gasteiger partial charge in [0.2, 0.25) is 0 Å². The minimum atomic E-state index is -3.77. The van der Waals surface area contributed by atoms with Crippen molar-refractivity contribution in [2.24, 2.45) is 0 Å². The monoisotopic (exact) mass is 323 g/mol. The summed E-state index contributed by atoms with van der Waals surface area (Å²) < 4.78 is 26.6. The number of rotatable bonds is 3. The molecular weight excluding hydrogens is 310 g/mol. The summed E-state index contributed by atoms with van der Waals surface area (Å²) in [5.41, 5.74) is 0.689. The first-order chi connectivity index (χ1) is 8.84. The molecule has 1 unspecified atom stereocenters. The number of aliphatic carboxylic acids is 1. The van der Waals surface area contributed by atoms with Crippen LogP contribution in [0.4, 0.5) is 0 Å². The lowest BCUT2D eigenvalue weighted by Gasteiger charge is -2.31. The van der Waals surface area contributed by atoms with E-state index in [9.17, 15) is 13.2 Å². The summed E-state index contributed by atoms with van der Waals surface area (Å²) >= 11 is 6.86. The van der Waals surface area contributed by atoms with E-state index in [4.69, 9.17) is 16.7 Å². The van der Waals surface area contributed by atoms with Crippen LogP contribution in [0.3, 0.4) is 0 Å². The second-order valence-electron chi connectivity index (χ2n) is 4.49. The van der Waals surface area contributed by atoms with Crippen molar-refractivity contribution in [3.05, 3.63) is 16.0 Å². The van der Waals surface area contributed by atoms with Gasteiger partial charge in [0.1, 0.15) is 10.3 Å². The molecule has 1 saturated heterocycles. The Kier molecular flexibility index (Phi) is 4.20. The molecule has 1 atom stereocenters. The van der Waals surface area contributed by atoms with Crippen LogP contribution >= 0.6 is 22.9 Å². The molecule has 0 aromatic carbocycles. The Labute approximate surface area is 120 Å². The van der Waals surface area contributed by atoms with Gasteiger partial charge in [0, 0.05) is 6.54 Å². The first kappa shape index (κ1) is 14.8. The van der Waals surface area contributed by atoms with Gasteiger partial charge in [0.25, 0.3) is 10.0 Å². The van der Waals surface area contributed by atoms with Gasteiger partial charge in [-0.3, -0.25) is 4.79 Å². The smallest absolute Gasteiger partial charge is 0.322 e. The Bertz CT molecular complexity index is 576. The molecule has 1 fully saturated rings. The third-order valence-electron chi connectivity index (χ3n) is 3.14. The fourth-order valence-corrected chi connectivity index (χ4v) is 5.60. The molecule has 2 heterocycles. The van der Waals surface area contributed by atoms with Crippen molar-refractivity contribution in [1.82, 2.24) is 4.31 Å². The summed E-state index contributed by atoms with van der Waals surface area (Å²) in [5.74, 6) is -1.09. The number of hydrogen-bond donors (Lipinski definition) is 1. The van der Waals surface area contributed by atoms with Crippen molar-refractivity contribution in [2.45, 2.75) is 36.4 Å². The number of thiophene rings is 1. The average molecular weight is 324 g/mol. The highest BCUT2D eigenvalue weighted by atomic mass is 35.5. The second-order valence-corrected chi connectivity index (χ2v) is 8.26. The van der Waals surface area contributed by atoms with Gasteiger partial charge in [-0.25, -0.2) is 8.42 Å². The van der Waals surface area contributed by atoms with Crippen molar-refractivity contribution in [3.63, 3.8) is 0 Å². The molecule has 0 bridgehead atoms. The van der Waals surface area contributed by atoms with Crippen molar-refractivity contribution in [1.29, 1.82) is 0 Å². The van der Waals surface area contributed by atoms with E-state index in [-0.39, 0.29) is 10.8 Å². The molecule has 0 aliphatic carbocycles. The van der Waals surface area contributed by atoms with E-state index in [2.05, 4.69) is 0 Å². The summed E-state index contributed by atoms with van der Waals surface area (Å²) in [7, 11) is -3.77. The predicted octanol–water partition coefficient (Wildman–Crippen LogP) is 2.34. The number of piperidine rings is 1. The summed E-state index contributed by atoms with van der Waals surface area (Å²) in [5, 5.41) is 9.15. The fraction of sp³-hybridized carbons (Fsp3) is 0.545. The Hall–Kier alpha value is -0.630. The lowest BCUT2D eigenvalue weighted by atomic mass is 10.1. The number of carboxylic acids is 1. The van der Waals surface area contributed by atoms with Crippen LogP contribution in [0.2, 0.25) is 4.34 Å². The maximum absolute atomic E-state index is 12.5. The van der Waals surface area contributed by atoms with Crippen molar-refractivity contribution in [3.8, 4) is 0 Å². The molecule has 1 aromatic heterocycles. The van der Waals surface area contributed by atoms with Crippen molar-refractivity contribution >= 4 is 38.9 Å². The van der Waals surface area contributed by atoms with Gasteiger partial charge in [0.15, 0.2) is 0 Å². The summed E-state index contributed by atoms with van der Waals surface area (Å²) in [6, 6.07) is 0.524. The van der Waals surface area contributed by atoms with E-state index in [0.717, 1.165) is 22.1 Å². The highest BCUT2D eigenvalue weighted by Crippen LogP contribution is 2.34. The van der Waals surface area contributed by atoms with Crippen LogP contribution in [0.1, 0.15) is 24.8 Å². The molecule has 5 nitrogen and oxygen atoms in total. The minimum Gasteiger partial charge on any atom is -0.480 e. The van der Waals surface area contributed by atoms with Crippen molar-refractivity contribution < 1.29 is 18.3 Å². The maximum Gasteiger partial charge on any atom is 0.322 e. The number of halogens is 1. The van der Waals surface area contributed by atoms with Gasteiger partial charge in [-0.05, 0) is 37.8 Å². The molecule has 1 N–H and O–H groups in total. The third kappa shape index (κ3) is 2.79. The second kappa shape index (κ2) is 5.40. The van der Waals surface area contributed by atoms with Crippen LogP contribution in [0.5, 0.6) is 0 Å². The lowest BCUT2D eigenvalue weighted by molar-refractivity contribution is -0.142. The molecular formula is C11H14ClNO4S2. The number of hydrogen-bond acceptors (Lipinski definition) is 4. The van der Waals surface area contributed by atoms with Gasteiger partial charge >= 0.3 is 5.97 Å². The van der Waals surface area contributed by atoms with Crippen LogP contribution in [0.15, 0.2) is 10.3 Å². The summed E-state index contributed by atoms with van der Waals surface area (Å²) in [6.45, 7) is 1.97. The fourth-order valence-electron chi connectivity index (χ4n) is 2.11. The number of carboxylic acid groups (broad SMARTS) is 1. The first-order valence-corrected chi connectivity index (χ1v) is 8.48. The molecule has 1 aliphatic rings. The number of sulfonamides is 1. The summed E-state index contributed by atoms with van der Waals surface area (Å²) in [4.78, 5) is 11.2. The Morgan fingerprint density at radius 3 is 2.74 bits per heavy atom. The van der Waals surface area contributed by atoms with Gasteiger partial charge in [-0.15, -0.1) is 11.3 Å². The number of carbonyl (C=O) groups is 1. The number of nitrogens with zero attached hydrogens (tertiary/aromatic N) is 1. The van der Waals surface area contributed by atoms with E-state index < -0.39 is 22.0 Å². The standard InChI is InChI=1S/C11H14ClNO4S2/c1-7-6-9(18-10(7)12)19(16,17)13-5-3-2-4-8(13)11(14)15/h6,8H,2-5H2,1H3,(H,14,15). The Morgan fingerprint density at radius 1 is 1.53 bits per heavy atom. The highest BCUT2D eigenvalue weighted by Gasteiger charge is 2.38. The Morgan fingerprint density at radius 2 is 2.21 bits per heavy atom. The Balaban J connectivity index is 2.39. The van der Waals surface area contributed by atoms with Crippen molar-refractivity contribution in [2.75, 3.05) is 6.54 Å². The predicted molar refractivity (Wildman–Crippen MR) is 73.2 cm³/mol. The van der Waals surface area contributed by atoms with E-state index in [1.165, 1.54) is 6.07 Å². The van der Waals surface area contributed by atoms with E-state index >= 15 is 0 Å². The van der Waals surface area contributed by atoms with Crippen LogP contribution in [0.25, 0.3) is 0 Å². The highest BCUT2D eigenvalue weighted by molar-refractivity contribution is 7.91. The zero-order valence-electron chi connectivity index (χ0n) is 10.3. The molecule has 8 heteroatoms. The topological polar surface area (TPSA) is 74.7 Å². The lowest BCUT2D eigenvalue weighted by Crippen LogP contribution is -2.47. The molecule has 1 aliphatic heterocycles. The molecule has 1 aromatic rings. The number of aryl methyl sites for hydroxylation is 1. The van der Waals surface area contributed by atoms with Crippen LogP contribution in [0, 0.1) is 6.92 Å². The normalized spacial score (nSPS) is 21.5. The molecule has 0 saturated carbocycles. The van der Waals surface area contributed by atoms with Crippen LogP contribution in [-0.4, -0.2) is 36.4 Å². The third-order valence-corrected chi connectivity index (χ3v) is 7.05.